The van der Waals surface area contributed by atoms with Crippen molar-refractivity contribution in [2.24, 2.45) is 5.16 Å². The molecule has 0 heterocycles. The minimum atomic E-state index is -0.603. The summed E-state index contributed by atoms with van der Waals surface area (Å²) in [6.45, 7) is 0. The number of nitrogens with zero attached hydrogens (tertiary/aromatic N) is 2. The Balaban J connectivity index is 3.18. The standard InChI is InChI=1S/C7H6N2O4/c10-7-2-1-6(9(12)13)3-5(7)4-8-11/h1-4,10-11H/b8-4+. The average molecular weight is 182 g/mol. The molecule has 0 aromatic heterocycles. The van der Waals surface area contributed by atoms with Crippen LogP contribution in [0.15, 0.2) is 23.4 Å². The monoisotopic (exact) mass is 182 g/mol. The largest absolute Gasteiger partial charge is 0.507 e. The van der Waals surface area contributed by atoms with Crippen LogP contribution < -0.4 is 0 Å². The highest BCUT2D eigenvalue weighted by atomic mass is 16.6. The van der Waals surface area contributed by atoms with Crippen LogP contribution in [0.5, 0.6) is 5.75 Å². The van der Waals surface area contributed by atoms with Crippen LogP contribution in [-0.4, -0.2) is 21.5 Å². The Hall–Kier alpha value is -2.11. The van der Waals surface area contributed by atoms with E-state index in [9.17, 15) is 10.1 Å². The number of oxime groups is 1. The fourth-order valence-corrected chi connectivity index (χ4v) is 0.821. The van der Waals surface area contributed by atoms with Crippen LogP contribution in [0.1, 0.15) is 5.56 Å². The molecule has 0 aliphatic carbocycles. The molecule has 1 aromatic carbocycles. The van der Waals surface area contributed by atoms with E-state index in [-0.39, 0.29) is 17.0 Å². The van der Waals surface area contributed by atoms with E-state index in [0.29, 0.717) is 0 Å². The van der Waals surface area contributed by atoms with Gasteiger partial charge < -0.3 is 10.3 Å². The maximum Gasteiger partial charge on any atom is 0.270 e. The fraction of sp³-hybridized carbons (Fsp3) is 0. The molecule has 0 bridgehead atoms. The summed E-state index contributed by atoms with van der Waals surface area (Å²) in [5.74, 6) is -0.177. The third-order valence-corrected chi connectivity index (χ3v) is 1.42. The van der Waals surface area contributed by atoms with E-state index in [1.54, 1.807) is 0 Å². The number of aromatic hydroxyl groups is 1. The molecule has 0 atom stereocenters. The molecule has 0 saturated carbocycles. The predicted molar refractivity (Wildman–Crippen MR) is 44.1 cm³/mol. The van der Waals surface area contributed by atoms with Crippen molar-refractivity contribution in [2.45, 2.75) is 0 Å². The van der Waals surface area contributed by atoms with Crippen LogP contribution in [0.2, 0.25) is 0 Å². The normalized spacial score (nSPS) is 10.5. The van der Waals surface area contributed by atoms with Gasteiger partial charge in [-0.3, -0.25) is 10.1 Å². The number of phenols is 1. The Morgan fingerprint density at radius 2 is 2.23 bits per heavy atom. The molecule has 0 spiro atoms. The molecule has 0 saturated heterocycles. The molecule has 68 valence electrons. The van der Waals surface area contributed by atoms with Crippen LogP contribution >= 0.6 is 0 Å². The van der Waals surface area contributed by atoms with Crippen LogP contribution in [0, 0.1) is 10.1 Å². The third kappa shape index (κ3) is 1.92. The summed E-state index contributed by atoms with van der Waals surface area (Å²) in [5.41, 5.74) is -0.0793. The lowest BCUT2D eigenvalue weighted by atomic mass is 10.2. The topological polar surface area (TPSA) is 96.0 Å². The van der Waals surface area contributed by atoms with Gasteiger partial charge in [0.05, 0.1) is 11.1 Å². The molecule has 0 aliphatic rings. The summed E-state index contributed by atoms with van der Waals surface area (Å²) in [7, 11) is 0. The number of non-ortho nitro benzene ring substituents is 1. The first-order valence-electron chi connectivity index (χ1n) is 3.30. The average Bonchev–Trinajstić information content (AvgIpc) is 2.08. The van der Waals surface area contributed by atoms with Crippen molar-refractivity contribution in [1.82, 2.24) is 0 Å². The van der Waals surface area contributed by atoms with Gasteiger partial charge in [-0.2, -0.15) is 0 Å². The molecule has 1 rings (SSSR count). The molecule has 0 aliphatic heterocycles. The zero-order chi connectivity index (χ0) is 9.84. The molecule has 6 heteroatoms. The smallest absolute Gasteiger partial charge is 0.270 e. The summed E-state index contributed by atoms with van der Waals surface area (Å²) in [6, 6.07) is 3.42. The molecule has 0 amide bonds. The van der Waals surface area contributed by atoms with E-state index < -0.39 is 4.92 Å². The van der Waals surface area contributed by atoms with Crippen molar-refractivity contribution in [3.63, 3.8) is 0 Å². The van der Waals surface area contributed by atoms with Crippen molar-refractivity contribution in [1.29, 1.82) is 0 Å². The first-order chi connectivity index (χ1) is 6.15. The Bertz CT molecular complexity index is 362. The molecule has 0 unspecified atom stereocenters. The van der Waals surface area contributed by atoms with Crippen LogP contribution in [-0.2, 0) is 0 Å². The van der Waals surface area contributed by atoms with Gasteiger partial charge in [-0.1, -0.05) is 5.16 Å². The van der Waals surface area contributed by atoms with Crippen LogP contribution in [0.3, 0.4) is 0 Å². The van der Waals surface area contributed by atoms with Gasteiger partial charge in [0.15, 0.2) is 0 Å². The maximum absolute atomic E-state index is 10.3. The van der Waals surface area contributed by atoms with Gasteiger partial charge in [0.25, 0.3) is 5.69 Å². The highest BCUT2D eigenvalue weighted by Gasteiger charge is 2.08. The summed E-state index contributed by atoms with van der Waals surface area (Å²) in [6.07, 6.45) is 0.919. The van der Waals surface area contributed by atoms with Gasteiger partial charge >= 0.3 is 0 Å². The van der Waals surface area contributed by atoms with Crippen molar-refractivity contribution in [3.8, 4) is 5.75 Å². The van der Waals surface area contributed by atoms with Crippen molar-refractivity contribution in [2.75, 3.05) is 0 Å². The van der Waals surface area contributed by atoms with Gasteiger partial charge in [-0.25, -0.2) is 0 Å². The highest BCUT2D eigenvalue weighted by Crippen LogP contribution is 2.20. The molecule has 13 heavy (non-hydrogen) atoms. The van der Waals surface area contributed by atoms with E-state index in [1.807, 2.05) is 0 Å². The summed E-state index contributed by atoms with van der Waals surface area (Å²) in [5, 5.41) is 30.2. The second-order valence-electron chi connectivity index (χ2n) is 2.24. The van der Waals surface area contributed by atoms with E-state index in [1.165, 1.54) is 0 Å². The Morgan fingerprint density at radius 1 is 1.54 bits per heavy atom. The Kier molecular flexibility index (Phi) is 2.44. The van der Waals surface area contributed by atoms with Crippen molar-refractivity contribution >= 4 is 11.9 Å². The van der Waals surface area contributed by atoms with Crippen molar-refractivity contribution < 1.29 is 15.2 Å². The van der Waals surface area contributed by atoms with E-state index in [2.05, 4.69) is 5.16 Å². The highest BCUT2D eigenvalue weighted by molar-refractivity contribution is 5.83. The lowest BCUT2D eigenvalue weighted by molar-refractivity contribution is -0.384. The summed E-state index contributed by atoms with van der Waals surface area (Å²) >= 11 is 0. The number of nitro groups is 1. The second-order valence-corrected chi connectivity index (χ2v) is 2.24. The van der Waals surface area contributed by atoms with Gasteiger partial charge in [0.1, 0.15) is 5.75 Å². The quantitative estimate of drug-likeness (QED) is 0.310. The van der Waals surface area contributed by atoms with Gasteiger partial charge in [0.2, 0.25) is 0 Å². The number of nitro benzene ring substituents is 1. The number of hydrogen-bond acceptors (Lipinski definition) is 5. The van der Waals surface area contributed by atoms with Gasteiger partial charge in [0, 0.05) is 17.7 Å². The summed E-state index contributed by atoms with van der Waals surface area (Å²) < 4.78 is 0. The molecular formula is C7H6N2O4. The Labute approximate surface area is 72.9 Å². The predicted octanol–water partition coefficient (Wildman–Crippen LogP) is 1.11. The van der Waals surface area contributed by atoms with Gasteiger partial charge in [-0.15, -0.1) is 0 Å². The van der Waals surface area contributed by atoms with Crippen molar-refractivity contribution in [3.05, 3.63) is 33.9 Å². The SMILES string of the molecule is O=[N+]([O-])c1ccc(O)c(/C=N/O)c1. The van der Waals surface area contributed by atoms with Crippen LogP contribution in [0.4, 0.5) is 5.69 Å². The summed E-state index contributed by atoms with van der Waals surface area (Å²) in [4.78, 5) is 9.68. The molecule has 0 radical (unpaired) electrons. The van der Waals surface area contributed by atoms with Crippen LogP contribution in [0.25, 0.3) is 0 Å². The van der Waals surface area contributed by atoms with E-state index >= 15 is 0 Å². The molecule has 0 fully saturated rings. The molecular weight excluding hydrogens is 176 g/mol. The maximum atomic E-state index is 10.3. The molecule has 1 aromatic rings. The molecule has 2 N–H and O–H groups in total. The minimum absolute atomic E-state index is 0.0942. The fourth-order valence-electron chi connectivity index (χ4n) is 0.821. The lowest BCUT2D eigenvalue weighted by Gasteiger charge is -1.96. The first-order valence-corrected chi connectivity index (χ1v) is 3.30. The molecule has 6 nitrogen and oxygen atoms in total. The first kappa shape index (κ1) is 8.98. The third-order valence-electron chi connectivity index (χ3n) is 1.42. The number of rotatable bonds is 2. The number of benzene rings is 1. The zero-order valence-corrected chi connectivity index (χ0v) is 6.41. The minimum Gasteiger partial charge on any atom is -0.507 e. The van der Waals surface area contributed by atoms with Gasteiger partial charge in [-0.05, 0) is 6.07 Å². The Morgan fingerprint density at radius 3 is 2.77 bits per heavy atom. The van der Waals surface area contributed by atoms with E-state index in [0.717, 1.165) is 24.4 Å². The number of hydrogen-bond donors (Lipinski definition) is 2. The van der Waals surface area contributed by atoms with E-state index in [4.69, 9.17) is 10.3 Å². The second kappa shape index (κ2) is 3.53. The number of phenolic OH excluding ortho intramolecular Hbond substituents is 1. The lowest BCUT2D eigenvalue weighted by Crippen LogP contribution is -1.90. The zero-order valence-electron chi connectivity index (χ0n) is 6.41.